The molecule has 2 rings (SSSR count). The number of carbonyl (C=O) groups excluding carboxylic acids is 1. The van der Waals surface area contributed by atoms with Crippen molar-refractivity contribution in [1.82, 2.24) is 0 Å². The second kappa shape index (κ2) is 8.82. The van der Waals surface area contributed by atoms with Gasteiger partial charge in [0.2, 0.25) is 0 Å². The molecular weight excluding hydrogens is 298 g/mol. The smallest absolute Gasteiger partial charge is 0.331 e. The third kappa shape index (κ3) is 4.92. The predicted molar refractivity (Wildman–Crippen MR) is 98.2 cm³/mol. The average Bonchev–Trinajstić information content (AvgIpc) is 2.61. The molecule has 24 heavy (non-hydrogen) atoms. The zero-order chi connectivity index (χ0) is 17.4. The van der Waals surface area contributed by atoms with E-state index in [4.69, 9.17) is 9.73 Å². The number of ether oxygens (including phenoxy) is 1. The van der Waals surface area contributed by atoms with Crippen molar-refractivity contribution in [2.45, 2.75) is 26.8 Å². The van der Waals surface area contributed by atoms with Crippen molar-refractivity contribution in [2.24, 2.45) is 4.99 Å². The van der Waals surface area contributed by atoms with E-state index in [1.165, 1.54) is 6.08 Å². The van der Waals surface area contributed by atoms with E-state index < -0.39 is 0 Å². The van der Waals surface area contributed by atoms with Crippen molar-refractivity contribution >= 4 is 11.7 Å². The third-order valence-electron chi connectivity index (χ3n) is 3.75. The first-order valence-corrected chi connectivity index (χ1v) is 8.11. The van der Waals surface area contributed by atoms with E-state index in [0.29, 0.717) is 6.61 Å². The Bertz CT molecular complexity index is 679. The first-order valence-electron chi connectivity index (χ1n) is 8.11. The molecule has 0 aromatic heterocycles. The van der Waals surface area contributed by atoms with Crippen LogP contribution >= 0.6 is 0 Å². The van der Waals surface area contributed by atoms with Gasteiger partial charge in [0.05, 0.1) is 6.61 Å². The highest BCUT2D eigenvalue weighted by Gasteiger charge is 2.13. The molecule has 0 bridgehead atoms. The lowest BCUT2D eigenvalue weighted by molar-refractivity contribution is -0.137. The zero-order valence-electron chi connectivity index (χ0n) is 14.4. The van der Waals surface area contributed by atoms with Crippen LogP contribution in [0, 0.1) is 0 Å². The minimum absolute atomic E-state index is 0.0991. The van der Waals surface area contributed by atoms with Gasteiger partial charge in [-0.05, 0) is 37.5 Å². The molecule has 0 saturated heterocycles. The molecule has 0 aliphatic rings. The highest BCUT2D eigenvalue weighted by Crippen LogP contribution is 2.26. The fourth-order valence-corrected chi connectivity index (χ4v) is 2.37. The number of aliphatic imine (C=N–C) groups is 1. The molecule has 0 N–H and O–H groups in total. The van der Waals surface area contributed by atoms with Crippen molar-refractivity contribution in [1.29, 1.82) is 0 Å². The molecule has 0 amide bonds. The second-order valence-corrected chi connectivity index (χ2v) is 5.52. The SMILES string of the molecule is CCOC(=O)/C=C(\C)C(C)=NC(c1ccccc1)c1ccccc1. The van der Waals surface area contributed by atoms with E-state index in [9.17, 15) is 4.79 Å². The van der Waals surface area contributed by atoms with Gasteiger partial charge in [-0.25, -0.2) is 4.79 Å². The molecule has 0 radical (unpaired) electrons. The largest absolute Gasteiger partial charge is 0.463 e. The summed E-state index contributed by atoms with van der Waals surface area (Å²) < 4.78 is 4.97. The maximum atomic E-state index is 11.6. The third-order valence-corrected chi connectivity index (χ3v) is 3.75. The minimum atomic E-state index is -0.333. The summed E-state index contributed by atoms with van der Waals surface area (Å²) in [5, 5.41) is 0. The number of benzene rings is 2. The summed E-state index contributed by atoms with van der Waals surface area (Å²) in [5.41, 5.74) is 3.87. The van der Waals surface area contributed by atoms with Gasteiger partial charge in [-0.1, -0.05) is 60.7 Å². The van der Waals surface area contributed by atoms with Crippen molar-refractivity contribution in [3.63, 3.8) is 0 Å². The number of allylic oxidation sites excluding steroid dienone is 1. The molecule has 0 unspecified atom stereocenters. The van der Waals surface area contributed by atoms with Crippen LogP contribution in [0.15, 0.2) is 77.3 Å². The lowest BCUT2D eigenvalue weighted by Crippen LogP contribution is -2.06. The Hall–Kier alpha value is -2.68. The van der Waals surface area contributed by atoms with Crippen molar-refractivity contribution in [3.8, 4) is 0 Å². The Labute approximate surface area is 143 Å². The van der Waals surface area contributed by atoms with Gasteiger partial charge < -0.3 is 4.74 Å². The van der Waals surface area contributed by atoms with Crippen LogP contribution in [0.25, 0.3) is 0 Å². The molecule has 0 heterocycles. The van der Waals surface area contributed by atoms with E-state index in [1.807, 2.05) is 50.2 Å². The van der Waals surface area contributed by atoms with E-state index >= 15 is 0 Å². The molecule has 2 aromatic rings. The summed E-state index contributed by atoms with van der Waals surface area (Å²) in [6.45, 7) is 5.96. The topological polar surface area (TPSA) is 38.7 Å². The highest BCUT2D eigenvalue weighted by molar-refractivity contribution is 6.02. The predicted octanol–water partition coefficient (Wildman–Crippen LogP) is 4.75. The van der Waals surface area contributed by atoms with Crippen LogP contribution in [-0.2, 0) is 9.53 Å². The van der Waals surface area contributed by atoms with Crippen molar-refractivity contribution in [2.75, 3.05) is 6.61 Å². The monoisotopic (exact) mass is 321 g/mol. The maximum absolute atomic E-state index is 11.6. The van der Waals surface area contributed by atoms with Gasteiger partial charge >= 0.3 is 5.97 Å². The molecule has 2 aromatic carbocycles. The molecule has 3 nitrogen and oxygen atoms in total. The average molecular weight is 321 g/mol. The number of esters is 1. The molecule has 0 fully saturated rings. The number of hydrogen-bond acceptors (Lipinski definition) is 3. The summed E-state index contributed by atoms with van der Waals surface area (Å²) in [4.78, 5) is 16.5. The summed E-state index contributed by atoms with van der Waals surface area (Å²) in [6, 6.07) is 20.2. The number of nitrogens with zero attached hydrogens (tertiary/aromatic N) is 1. The van der Waals surface area contributed by atoms with E-state index in [0.717, 1.165) is 22.4 Å². The lowest BCUT2D eigenvalue weighted by Gasteiger charge is -2.15. The van der Waals surface area contributed by atoms with Gasteiger partial charge in [0.1, 0.15) is 6.04 Å². The van der Waals surface area contributed by atoms with Gasteiger partial charge in [0.15, 0.2) is 0 Å². The van der Waals surface area contributed by atoms with Gasteiger partial charge in [-0.2, -0.15) is 0 Å². The highest BCUT2D eigenvalue weighted by atomic mass is 16.5. The van der Waals surface area contributed by atoms with Crippen LogP contribution in [0.1, 0.15) is 37.9 Å². The fraction of sp³-hybridized carbons (Fsp3) is 0.238. The molecule has 0 aliphatic carbocycles. The molecule has 0 spiro atoms. The summed E-state index contributed by atoms with van der Waals surface area (Å²) in [6.07, 6.45) is 1.50. The number of rotatable bonds is 6. The van der Waals surface area contributed by atoms with E-state index in [-0.39, 0.29) is 12.0 Å². The summed E-state index contributed by atoms with van der Waals surface area (Å²) >= 11 is 0. The quantitative estimate of drug-likeness (QED) is 0.437. The normalized spacial score (nSPS) is 12.3. The van der Waals surface area contributed by atoms with Gasteiger partial charge in [-0.15, -0.1) is 0 Å². The number of hydrogen-bond donors (Lipinski definition) is 0. The molecule has 124 valence electrons. The van der Waals surface area contributed by atoms with Gasteiger partial charge in [-0.3, -0.25) is 4.99 Å². The Balaban J connectivity index is 2.36. The van der Waals surface area contributed by atoms with Crippen LogP contribution in [0.4, 0.5) is 0 Å². The molecule has 0 saturated carbocycles. The standard InChI is InChI=1S/C21H23NO2/c1-4-24-20(23)15-16(2)17(3)22-21(18-11-7-5-8-12-18)19-13-9-6-10-14-19/h5-15,21H,4H2,1-3H3/b16-15+,22-17?. The second-order valence-electron chi connectivity index (χ2n) is 5.52. The van der Waals surface area contributed by atoms with Crippen LogP contribution in [0.2, 0.25) is 0 Å². The van der Waals surface area contributed by atoms with E-state index in [1.54, 1.807) is 6.92 Å². The van der Waals surface area contributed by atoms with Crippen LogP contribution < -0.4 is 0 Å². The van der Waals surface area contributed by atoms with Gasteiger partial charge in [0, 0.05) is 11.8 Å². The first kappa shape index (κ1) is 17.7. The van der Waals surface area contributed by atoms with Crippen LogP contribution in [0.3, 0.4) is 0 Å². The fourth-order valence-electron chi connectivity index (χ4n) is 2.37. The Morgan fingerprint density at radius 1 is 1.00 bits per heavy atom. The molecule has 3 heteroatoms. The summed E-state index contributed by atoms with van der Waals surface area (Å²) in [7, 11) is 0. The van der Waals surface area contributed by atoms with Crippen LogP contribution in [0.5, 0.6) is 0 Å². The zero-order valence-corrected chi connectivity index (χ0v) is 14.4. The molecule has 0 atom stereocenters. The van der Waals surface area contributed by atoms with Crippen molar-refractivity contribution < 1.29 is 9.53 Å². The van der Waals surface area contributed by atoms with Crippen molar-refractivity contribution in [3.05, 3.63) is 83.4 Å². The lowest BCUT2D eigenvalue weighted by atomic mass is 9.99. The van der Waals surface area contributed by atoms with Gasteiger partial charge in [0.25, 0.3) is 0 Å². The first-order chi connectivity index (χ1) is 11.6. The molecule has 0 aliphatic heterocycles. The number of carbonyl (C=O) groups is 1. The Kier molecular flexibility index (Phi) is 6.50. The Morgan fingerprint density at radius 2 is 1.50 bits per heavy atom. The minimum Gasteiger partial charge on any atom is -0.463 e. The molecular formula is C21H23NO2. The van der Waals surface area contributed by atoms with E-state index in [2.05, 4.69) is 24.3 Å². The summed E-state index contributed by atoms with van der Waals surface area (Å²) in [5.74, 6) is -0.333. The maximum Gasteiger partial charge on any atom is 0.331 e. The van der Waals surface area contributed by atoms with Crippen LogP contribution in [-0.4, -0.2) is 18.3 Å². The Morgan fingerprint density at radius 3 is 1.96 bits per heavy atom.